The van der Waals surface area contributed by atoms with E-state index >= 15 is 0 Å². The third kappa shape index (κ3) is 5.07. The molecule has 0 saturated heterocycles. The van der Waals surface area contributed by atoms with E-state index in [1.165, 1.54) is 6.07 Å². The summed E-state index contributed by atoms with van der Waals surface area (Å²) in [5.41, 5.74) is 5.79. The highest BCUT2D eigenvalue weighted by Crippen LogP contribution is 2.24. The van der Waals surface area contributed by atoms with Crippen LogP contribution in [0.5, 0.6) is 5.75 Å². The van der Waals surface area contributed by atoms with Crippen LogP contribution < -0.4 is 21.2 Å². The van der Waals surface area contributed by atoms with Gasteiger partial charge >= 0.3 is 5.63 Å². The standard InChI is InChI=1S/C22H21BrN2O5/c1-12(2)14-5-4-13(3)19(10-14)29-11-20(26)24-25-21(27)17-9-15-8-16(23)6-7-18(15)30-22(17)28/h4-10,12H,11H2,1-3H3,(H,24,26)(H,25,27). The minimum atomic E-state index is -0.797. The second-order valence-corrected chi connectivity index (χ2v) is 8.02. The Balaban J connectivity index is 1.62. The van der Waals surface area contributed by atoms with Gasteiger partial charge < -0.3 is 9.15 Å². The number of halogens is 1. The predicted molar refractivity (Wildman–Crippen MR) is 117 cm³/mol. The van der Waals surface area contributed by atoms with Crippen LogP contribution in [0, 0.1) is 6.92 Å². The van der Waals surface area contributed by atoms with Crippen LogP contribution in [0.15, 0.2) is 56.1 Å². The lowest BCUT2D eigenvalue weighted by Crippen LogP contribution is -2.45. The minimum Gasteiger partial charge on any atom is -0.483 e. The third-order valence-electron chi connectivity index (χ3n) is 4.49. The maximum atomic E-state index is 12.3. The summed E-state index contributed by atoms with van der Waals surface area (Å²) < 4.78 is 11.5. The highest BCUT2D eigenvalue weighted by molar-refractivity contribution is 9.10. The van der Waals surface area contributed by atoms with E-state index in [1.807, 2.05) is 25.1 Å². The van der Waals surface area contributed by atoms with Crippen molar-refractivity contribution in [1.82, 2.24) is 10.9 Å². The molecule has 0 spiro atoms. The lowest BCUT2D eigenvalue weighted by atomic mass is 10.0. The molecule has 7 nitrogen and oxygen atoms in total. The number of amides is 2. The molecule has 0 radical (unpaired) electrons. The molecule has 1 heterocycles. The number of carbonyl (C=O) groups is 2. The zero-order valence-corrected chi connectivity index (χ0v) is 18.3. The number of fused-ring (bicyclic) bond motifs is 1. The molecule has 0 aliphatic carbocycles. The van der Waals surface area contributed by atoms with E-state index in [4.69, 9.17) is 9.15 Å². The molecule has 0 saturated carbocycles. The summed E-state index contributed by atoms with van der Waals surface area (Å²) in [5, 5.41) is 0.573. The van der Waals surface area contributed by atoms with Crippen molar-refractivity contribution in [2.45, 2.75) is 26.7 Å². The van der Waals surface area contributed by atoms with E-state index in [2.05, 4.69) is 40.6 Å². The summed E-state index contributed by atoms with van der Waals surface area (Å²) in [4.78, 5) is 36.4. The van der Waals surface area contributed by atoms with Gasteiger partial charge in [0.1, 0.15) is 16.9 Å². The molecule has 8 heteroatoms. The van der Waals surface area contributed by atoms with Crippen LogP contribution >= 0.6 is 15.9 Å². The first-order valence-electron chi connectivity index (χ1n) is 9.30. The quantitative estimate of drug-likeness (QED) is 0.434. The van der Waals surface area contributed by atoms with Crippen molar-refractivity contribution in [3.8, 4) is 5.75 Å². The Bertz CT molecular complexity index is 1170. The van der Waals surface area contributed by atoms with Crippen molar-refractivity contribution in [1.29, 1.82) is 0 Å². The number of hydrogen-bond donors (Lipinski definition) is 2. The van der Waals surface area contributed by atoms with E-state index in [1.54, 1.807) is 18.2 Å². The first kappa shape index (κ1) is 21.6. The van der Waals surface area contributed by atoms with Crippen molar-refractivity contribution < 1.29 is 18.7 Å². The van der Waals surface area contributed by atoms with Crippen molar-refractivity contribution in [2.24, 2.45) is 0 Å². The largest absolute Gasteiger partial charge is 0.483 e. The molecule has 0 unspecified atom stereocenters. The summed E-state index contributed by atoms with van der Waals surface area (Å²) in [6, 6.07) is 12.3. The second kappa shape index (κ2) is 9.13. The van der Waals surface area contributed by atoms with Gasteiger partial charge in [0.2, 0.25) is 0 Å². The molecule has 30 heavy (non-hydrogen) atoms. The molecule has 0 atom stereocenters. The number of benzene rings is 2. The smallest absolute Gasteiger partial charge is 0.349 e. The Morgan fingerprint density at radius 1 is 1.10 bits per heavy atom. The van der Waals surface area contributed by atoms with E-state index in [9.17, 15) is 14.4 Å². The van der Waals surface area contributed by atoms with Gasteiger partial charge in [-0.25, -0.2) is 4.79 Å². The van der Waals surface area contributed by atoms with E-state index in [-0.39, 0.29) is 12.2 Å². The topological polar surface area (TPSA) is 97.6 Å². The van der Waals surface area contributed by atoms with Gasteiger partial charge in [-0.2, -0.15) is 0 Å². The Morgan fingerprint density at radius 2 is 1.87 bits per heavy atom. The average Bonchev–Trinajstić information content (AvgIpc) is 2.71. The van der Waals surface area contributed by atoms with Crippen molar-refractivity contribution >= 4 is 38.7 Å². The van der Waals surface area contributed by atoms with Crippen LogP contribution in [0.1, 0.15) is 41.3 Å². The van der Waals surface area contributed by atoms with E-state index < -0.39 is 17.4 Å². The number of hydrazine groups is 1. The van der Waals surface area contributed by atoms with Crippen LogP contribution in [0.3, 0.4) is 0 Å². The molecule has 3 aromatic rings. The normalized spacial score (nSPS) is 10.8. The van der Waals surface area contributed by atoms with Gasteiger partial charge in [-0.3, -0.25) is 20.4 Å². The molecule has 2 amide bonds. The second-order valence-electron chi connectivity index (χ2n) is 7.10. The molecule has 2 aromatic carbocycles. The molecular formula is C22H21BrN2O5. The fourth-order valence-electron chi connectivity index (χ4n) is 2.76. The number of carbonyl (C=O) groups excluding carboxylic acids is 2. The molecule has 0 bridgehead atoms. The highest BCUT2D eigenvalue weighted by atomic mass is 79.9. The molecule has 156 valence electrons. The fraction of sp³-hybridized carbons (Fsp3) is 0.227. The predicted octanol–water partition coefficient (Wildman–Crippen LogP) is 3.83. The SMILES string of the molecule is Cc1ccc(C(C)C)cc1OCC(=O)NNC(=O)c1cc2cc(Br)ccc2oc1=O. The Morgan fingerprint density at radius 3 is 2.60 bits per heavy atom. The summed E-state index contributed by atoms with van der Waals surface area (Å²) in [7, 11) is 0. The van der Waals surface area contributed by atoms with Gasteiger partial charge in [0, 0.05) is 9.86 Å². The van der Waals surface area contributed by atoms with Crippen LogP contribution in [0.2, 0.25) is 0 Å². The van der Waals surface area contributed by atoms with Gasteiger partial charge in [-0.15, -0.1) is 0 Å². The van der Waals surface area contributed by atoms with Gasteiger partial charge in [-0.1, -0.05) is 41.9 Å². The molecule has 0 aliphatic rings. The molecule has 2 N–H and O–H groups in total. The number of aryl methyl sites for hydroxylation is 1. The fourth-order valence-corrected chi connectivity index (χ4v) is 3.14. The lowest BCUT2D eigenvalue weighted by molar-refractivity contribution is -0.123. The van der Waals surface area contributed by atoms with E-state index in [0.29, 0.717) is 22.6 Å². The summed E-state index contributed by atoms with van der Waals surface area (Å²) in [6.07, 6.45) is 0. The van der Waals surface area contributed by atoms with Gasteiger partial charge in [-0.05, 0) is 54.3 Å². The maximum Gasteiger partial charge on any atom is 0.349 e. The molecule has 3 rings (SSSR count). The third-order valence-corrected chi connectivity index (χ3v) is 4.99. The van der Waals surface area contributed by atoms with Crippen molar-refractivity contribution in [2.75, 3.05) is 6.61 Å². The van der Waals surface area contributed by atoms with Crippen LogP contribution in [0.25, 0.3) is 11.0 Å². The van der Waals surface area contributed by atoms with Crippen LogP contribution in [-0.4, -0.2) is 18.4 Å². The Kier molecular flexibility index (Phi) is 6.56. The monoisotopic (exact) mass is 472 g/mol. The molecular weight excluding hydrogens is 452 g/mol. The van der Waals surface area contributed by atoms with Gasteiger partial charge in [0.25, 0.3) is 11.8 Å². The van der Waals surface area contributed by atoms with Gasteiger partial charge in [0.05, 0.1) is 0 Å². The number of rotatable bonds is 5. The van der Waals surface area contributed by atoms with Crippen molar-refractivity contribution in [3.63, 3.8) is 0 Å². The maximum absolute atomic E-state index is 12.3. The molecule has 0 fully saturated rings. The minimum absolute atomic E-state index is 0.220. The van der Waals surface area contributed by atoms with Crippen LogP contribution in [0.4, 0.5) is 0 Å². The molecule has 0 aliphatic heterocycles. The van der Waals surface area contributed by atoms with Gasteiger partial charge in [0.15, 0.2) is 6.61 Å². The summed E-state index contributed by atoms with van der Waals surface area (Å²) in [6.45, 7) is 5.73. The number of hydrogen-bond acceptors (Lipinski definition) is 5. The highest BCUT2D eigenvalue weighted by Gasteiger charge is 2.15. The first-order valence-corrected chi connectivity index (χ1v) is 10.1. The lowest BCUT2D eigenvalue weighted by Gasteiger charge is -2.13. The number of ether oxygens (including phenoxy) is 1. The molecule has 1 aromatic heterocycles. The van der Waals surface area contributed by atoms with Crippen LogP contribution in [-0.2, 0) is 4.79 Å². The Labute approximate surface area is 181 Å². The average molecular weight is 473 g/mol. The number of nitrogens with one attached hydrogen (secondary N) is 2. The zero-order chi connectivity index (χ0) is 21.8. The van der Waals surface area contributed by atoms with E-state index in [0.717, 1.165) is 15.6 Å². The van der Waals surface area contributed by atoms with Crippen molar-refractivity contribution in [3.05, 3.63) is 74.0 Å². The first-order chi connectivity index (χ1) is 14.2. The Hall–Kier alpha value is -3.13. The summed E-state index contributed by atoms with van der Waals surface area (Å²) in [5.74, 6) is -0.415. The zero-order valence-electron chi connectivity index (χ0n) is 16.7. The summed E-state index contributed by atoms with van der Waals surface area (Å²) >= 11 is 3.32.